The normalized spacial score (nSPS) is 14.7. The Labute approximate surface area is 90.6 Å². The summed E-state index contributed by atoms with van der Waals surface area (Å²) >= 11 is 0. The highest BCUT2D eigenvalue weighted by atomic mass is 16.5. The average molecular weight is 206 g/mol. The lowest BCUT2D eigenvalue weighted by molar-refractivity contribution is 0.310. The molecule has 0 saturated carbocycles. The van der Waals surface area contributed by atoms with Crippen LogP contribution in [0.2, 0.25) is 0 Å². The van der Waals surface area contributed by atoms with Crippen LogP contribution >= 0.6 is 0 Å². The van der Waals surface area contributed by atoms with Gasteiger partial charge in [0.1, 0.15) is 12.4 Å². The number of ether oxygens (including phenoxy) is 1. The molecule has 3 nitrogen and oxygen atoms in total. The molecule has 0 amide bonds. The van der Waals surface area contributed by atoms with E-state index in [0.29, 0.717) is 13.2 Å². The van der Waals surface area contributed by atoms with Crippen LogP contribution in [0.5, 0.6) is 5.75 Å². The van der Waals surface area contributed by atoms with E-state index in [0.717, 1.165) is 12.2 Å². The standard InChI is InChI=1S/C12H18N2O/c13-14-8-9-15-12-7-3-5-10-4-1-2-6-11(10)12/h3,5,7,14H,1-2,4,6,8-9,13H2. The molecular weight excluding hydrogens is 188 g/mol. The lowest BCUT2D eigenvalue weighted by Crippen LogP contribution is -2.27. The molecular formula is C12H18N2O. The van der Waals surface area contributed by atoms with Crippen LogP contribution in [-0.4, -0.2) is 13.2 Å². The molecule has 0 spiro atoms. The summed E-state index contributed by atoms with van der Waals surface area (Å²) in [5.41, 5.74) is 5.45. The van der Waals surface area contributed by atoms with E-state index < -0.39 is 0 Å². The first-order valence-corrected chi connectivity index (χ1v) is 5.59. The average Bonchev–Trinajstić information content (AvgIpc) is 2.30. The lowest BCUT2D eigenvalue weighted by Gasteiger charge is -2.19. The zero-order chi connectivity index (χ0) is 10.5. The highest BCUT2D eigenvalue weighted by Crippen LogP contribution is 2.29. The van der Waals surface area contributed by atoms with Crippen LogP contribution in [0, 0.1) is 0 Å². The molecule has 1 aromatic carbocycles. The molecule has 0 heterocycles. The molecule has 3 N–H and O–H groups in total. The van der Waals surface area contributed by atoms with Crippen molar-refractivity contribution in [1.29, 1.82) is 0 Å². The molecule has 1 aromatic rings. The molecule has 0 bridgehead atoms. The number of rotatable bonds is 4. The summed E-state index contributed by atoms with van der Waals surface area (Å²) in [4.78, 5) is 0. The predicted molar refractivity (Wildman–Crippen MR) is 60.8 cm³/mol. The van der Waals surface area contributed by atoms with Crippen molar-refractivity contribution in [3.63, 3.8) is 0 Å². The maximum absolute atomic E-state index is 5.70. The Morgan fingerprint density at radius 1 is 1.27 bits per heavy atom. The van der Waals surface area contributed by atoms with Crippen LogP contribution in [0.3, 0.4) is 0 Å². The van der Waals surface area contributed by atoms with Gasteiger partial charge in [0.2, 0.25) is 0 Å². The molecule has 1 aliphatic carbocycles. The van der Waals surface area contributed by atoms with Crippen molar-refractivity contribution in [2.75, 3.05) is 13.2 Å². The Hall–Kier alpha value is -1.06. The molecule has 0 atom stereocenters. The van der Waals surface area contributed by atoms with Gasteiger partial charge in [0.25, 0.3) is 0 Å². The highest BCUT2D eigenvalue weighted by Gasteiger charge is 2.13. The van der Waals surface area contributed by atoms with Crippen LogP contribution in [0.25, 0.3) is 0 Å². The number of hydrogen-bond acceptors (Lipinski definition) is 3. The third kappa shape index (κ3) is 2.49. The topological polar surface area (TPSA) is 47.3 Å². The first-order valence-electron chi connectivity index (χ1n) is 5.59. The fourth-order valence-corrected chi connectivity index (χ4v) is 2.10. The van der Waals surface area contributed by atoms with E-state index in [9.17, 15) is 0 Å². The van der Waals surface area contributed by atoms with Gasteiger partial charge < -0.3 is 4.74 Å². The van der Waals surface area contributed by atoms with Crippen LogP contribution in [0.15, 0.2) is 18.2 Å². The van der Waals surface area contributed by atoms with E-state index >= 15 is 0 Å². The van der Waals surface area contributed by atoms with Crippen LogP contribution in [0.1, 0.15) is 24.0 Å². The minimum absolute atomic E-state index is 0.632. The summed E-state index contributed by atoms with van der Waals surface area (Å²) in [6, 6.07) is 6.35. The monoisotopic (exact) mass is 206 g/mol. The second kappa shape index (κ2) is 5.14. The largest absolute Gasteiger partial charge is 0.492 e. The maximum atomic E-state index is 5.70. The number of fused-ring (bicyclic) bond motifs is 1. The number of hydrazine groups is 1. The van der Waals surface area contributed by atoms with Gasteiger partial charge in [-0.15, -0.1) is 0 Å². The SMILES string of the molecule is NNCCOc1cccc2c1CCCC2. The molecule has 3 heteroatoms. The quantitative estimate of drug-likeness (QED) is 0.445. The third-order valence-electron chi connectivity index (χ3n) is 2.86. The van der Waals surface area contributed by atoms with Crippen LogP contribution < -0.4 is 16.0 Å². The smallest absolute Gasteiger partial charge is 0.122 e. The number of benzene rings is 1. The first kappa shape index (κ1) is 10.5. The van der Waals surface area contributed by atoms with Crippen molar-refractivity contribution in [2.24, 2.45) is 5.84 Å². The summed E-state index contributed by atoms with van der Waals surface area (Å²) < 4.78 is 5.70. The minimum Gasteiger partial charge on any atom is -0.492 e. The number of nitrogens with two attached hydrogens (primary N) is 1. The Morgan fingerprint density at radius 2 is 2.13 bits per heavy atom. The molecule has 0 fully saturated rings. The molecule has 2 rings (SSSR count). The number of aryl methyl sites for hydroxylation is 1. The maximum Gasteiger partial charge on any atom is 0.122 e. The molecule has 0 aliphatic heterocycles. The van der Waals surface area contributed by atoms with Gasteiger partial charge >= 0.3 is 0 Å². The van der Waals surface area contributed by atoms with E-state index in [4.69, 9.17) is 10.6 Å². The van der Waals surface area contributed by atoms with E-state index in [1.54, 1.807) is 0 Å². The summed E-state index contributed by atoms with van der Waals surface area (Å²) in [5, 5.41) is 0. The molecule has 1 aliphatic rings. The van der Waals surface area contributed by atoms with Gasteiger partial charge in [-0.3, -0.25) is 11.3 Å². The van der Waals surface area contributed by atoms with E-state index in [1.165, 1.54) is 30.4 Å². The number of hydrogen-bond donors (Lipinski definition) is 2. The van der Waals surface area contributed by atoms with Crippen molar-refractivity contribution in [1.82, 2.24) is 5.43 Å². The van der Waals surface area contributed by atoms with Gasteiger partial charge in [-0.2, -0.15) is 0 Å². The molecule has 15 heavy (non-hydrogen) atoms. The van der Waals surface area contributed by atoms with Crippen LogP contribution in [-0.2, 0) is 12.8 Å². The van der Waals surface area contributed by atoms with Crippen molar-refractivity contribution in [3.8, 4) is 5.75 Å². The first-order chi connectivity index (χ1) is 7.42. The Morgan fingerprint density at radius 3 is 3.00 bits per heavy atom. The second-order valence-corrected chi connectivity index (χ2v) is 3.90. The molecule has 0 aromatic heterocycles. The predicted octanol–water partition coefficient (Wildman–Crippen LogP) is 1.41. The third-order valence-corrected chi connectivity index (χ3v) is 2.86. The van der Waals surface area contributed by atoms with Crippen molar-refractivity contribution >= 4 is 0 Å². The van der Waals surface area contributed by atoms with E-state index in [1.807, 2.05) is 0 Å². The van der Waals surface area contributed by atoms with Gasteiger partial charge in [-0.05, 0) is 42.9 Å². The summed E-state index contributed by atoms with van der Waals surface area (Å²) in [6.07, 6.45) is 4.94. The zero-order valence-corrected chi connectivity index (χ0v) is 8.96. The highest BCUT2D eigenvalue weighted by molar-refractivity contribution is 5.41. The molecule has 0 radical (unpaired) electrons. The zero-order valence-electron chi connectivity index (χ0n) is 8.96. The molecule has 0 unspecified atom stereocenters. The number of nitrogens with one attached hydrogen (secondary N) is 1. The lowest BCUT2D eigenvalue weighted by atomic mass is 9.91. The van der Waals surface area contributed by atoms with E-state index in [2.05, 4.69) is 23.6 Å². The van der Waals surface area contributed by atoms with Gasteiger partial charge in [-0.25, -0.2) is 0 Å². The Balaban J connectivity index is 2.09. The summed E-state index contributed by atoms with van der Waals surface area (Å²) in [7, 11) is 0. The van der Waals surface area contributed by atoms with Gasteiger partial charge in [-0.1, -0.05) is 12.1 Å². The Bertz CT molecular complexity index is 325. The van der Waals surface area contributed by atoms with Gasteiger partial charge in [0, 0.05) is 6.54 Å². The van der Waals surface area contributed by atoms with Crippen LogP contribution in [0.4, 0.5) is 0 Å². The molecule has 82 valence electrons. The van der Waals surface area contributed by atoms with Crippen molar-refractivity contribution in [3.05, 3.63) is 29.3 Å². The Kier molecular flexibility index (Phi) is 3.59. The fourth-order valence-electron chi connectivity index (χ4n) is 2.10. The van der Waals surface area contributed by atoms with E-state index in [-0.39, 0.29) is 0 Å². The second-order valence-electron chi connectivity index (χ2n) is 3.90. The van der Waals surface area contributed by atoms with Gasteiger partial charge in [0.05, 0.1) is 0 Å². The minimum atomic E-state index is 0.632. The fraction of sp³-hybridized carbons (Fsp3) is 0.500. The van der Waals surface area contributed by atoms with Crippen molar-refractivity contribution in [2.45, 2.75) is 25.7 Å². The van der Waals surface area contributed by atoms with Crippen molar-refractivity contribution < 1.29 is 4.74 Å². The summed E-state index contributed by atoms with van der Waals surface area (Å²) in [5.74, 6) is 6.24. The summed E-state index contributed by atoms with van der Waals surface area (Å²) in [6.45, 7) is 1.32. The van der Waals surface area contributed by atoms with Gasteiger partial charge in [0.15, 0.2) is 0 Å². The molecule has 0 saturated heterocycles.